The van der Waals surface area contributed by atoms with Crippen LogP contribution in [0.2, 0.25) is 0 Å². The summed E-state index contributed by atoms with van der Waals surface area (Å²) in [6.07, 6.45) is 0. The van der Waals surface area contributed by atoms with Crippen LogP contribution in [0.15, 0.2) is 239 Å². The maximum absolute atomic E-state index is 7.42. The molecule has 14 aromatic rings. The van der Waals surface area contributed by atoms with Gasteiger partial charge in [-0.2, -0.15) is 0 Å². The summed E-state index contributed by atoms with van der Waals surface area (Å²) in [5, 5.41) is 16.9. The zero-order valence-electron chi connectivity index (χ0n) is 40.0. The van der Waals surface area contributed by atoms with Crippen LogP contribution in [0.25, 0.3) is 109 Å². The number of rotatable bonds is 6. The molecule has 0 N–H and O–H groups in total. The molecule has 0 saturated carbocycles. The van der Waals surface area contributed by atoms with Crippen LogP contribution >= 0.6 is 28.2 Å². The van der Waals surface area contributed by atoms with Crippen LogP contribution in [0.4, 0.5) is 0 Å². The van der Waals surface area contributed by atoms with E-state index >= 15 is 0 Å². The molecule has 73 heavy (non-hydrogen) atoms. The highest BCUT2D eigenvalue weighted by Crippen LogP contribution is 2.54. The lowest BCUT2D eigenvalue weighted by Crippen LogP contribution is -2.13. The minimum absolute atomic E-state index is 0.365. The molecule has 0 atom stereocenters. The average Bonchev–Trinajstić information content (AvgIpc) is 3.70. The number of hydrogen-bond acceptors (Lipinski definition) is 7. The Hall–Kier alpha value is -8.05. The molecular weight excluding hydrogens is 959 g/mol. The van der Waals surface area contributed by atoms with Crippen LogP contribution in [0.3, 0.4) is 0 Å². The predicted octanol–water partition coefficient (Wildman–Crippen LogP) is 20.9. The Morgan fingerprint density at radius 2 is 0.671 bits per heavy atom. The van der Waals surface area contributed by atoms with E-state index in [2.05, 4.69) is 215 Å². The molecule has 0 aliphatic carbocycles. The fourth-order valence-electron chi connectivity index (χ4n) is 10.5. The summed E-state index contributed by atoms with van der Waals surface area (Å²) in [4.78, 5) is 1.80. The van der Waals surface area contributed by atoms with Gasteiger partial charge in [0.2, 0.25) is 0 Å². The van der Waals surface area contributed by atoms with E-state index in [1.165, 1.54) is 0 Å². The molecule has 0 fully saturated rings. The molecule has 14 rings (SSSR count). The molecular formula is C64H44O6P2S. The first-order valence-corrected chi connectivity index (χ1v) is 27.3. The summed E-state index contributed by atoms with van der Waals surface area (Å²) in [6, 6.07) is 73.7. The maximum atomic E-state index is 7.42. The standard InChI is InChI=1S/C64H44O6P2S/c1-64(2,3)51-38-44-21-9-15-27-50(44)63(61(51)70-72-67-54-35-30-41-18-6-12-24-47(41)59(54)60-48-25-13-7-19-42(48)31-36-55(60)68-72)73-62-49-26-14-8-20-43(49)32-37-56(62)69-71-65-52-33-28-39-16-4-10-22-45(39)57(52)58-46-23-11-5-17-40(46)29-34-53(58)66-71/h4-38H,1-3H3. The number of benzene rings is 12. The van der Waals surface area contributed by atoms with E-state index in [-0.39, 0.29) is 5.41 Å². The van der Waals surface area contributed by atoms with Gasteiger partial charge in [-0.05, 0) is 106 Å². The van der Waals surface area contributed by atoms with Crippen molar-refractivity contribution in [1.82, 2.24) is 0 Å². The minimum Gasteiger partial charge on any atom is -0.390 e. The van der Waals surface area contributed by atoms with Gasteiger partial charge < -0.3 is 25.8 Å². The highest BCUT2D eigenvalue weighted by atomic mass is 32.2. The predicted molar refractivity (Wildman–Crippen MR) is 305 cm³/mol. The van der Waals surface area contributed by atoms with E-state index in [9.17, 15) is 0 Å². The van der Waals surface area contributed by atoms with Gasteiger partial charge in [-0.3, -0.25) is 0 Å². The molecule has 0 bridgehead atoms. The van der Waals surface area contributed by atoms with E-state index in [1.54, 1.807) is 11.8 Å². The lowest BCUT2D eigenvalue weighted by atomic mass is 9.85. The van der Waals surface area contributed by atoms with Gasteiger partial charge in [0, 0.05) is 27.1 Å². The molecule has 2 aromatic heterocycles. The highest BCUT2D eigenvalue weighted by Gasteiger charge is 2.28. The van der Waals surface area contributed by atoms with Crippen molar-refractivity contribution in [3.8, 4) is 11.5 Å². The smallest absolute Gasteiger partial charge is 0.390 e. The Labute approximate surface area is 425 Å². The molecule has 0 aliphatic heterocycles. The van der Waals surface area contributed by atoms with Crippen molar-refractivity contribution in [3.63, 3.8) is 0 Å². The van der Waals surface area contributed by atoms with Crippen LogP contribution in [-0.4, -0.2) is 0 Å². The van der Waals surface area contributed by atoms with Gasteiger partial charge in [0.05, 0.1) is 9.79 Å². The molecule has 0 saturated heterocycles. The Morgan fingerprint density at radius 3 is 1.08 bits per heavy atom. The van der Waals surface area contributed by atoms with Gasteiger partial charge in [-0.1, -0.05) is 208 Å². The Bertz CT molecular complexity index is 4470. The second-order valence-electron chi connectivity index (χ2n) is 19.4. The second kappa shape index (κ2) is 17.3. The van der Waals surface area contributed by atoms with Crippen molar-refractivity contribution < 1.29 is 25.8 Å². The van der Waals surface area contributed by atoms with Gasteiger partial charge >= 0.3 is 16.5 Å². The van der Waals surface area contributed by atoms with Gasteiger partial charge in [0.15, 0.2) is 11.5 Å². The van der Waals surface area contributed by atoms with Crippen LogP contribution in [-0.2, 0) is 5.41 Å². The summed E-state index contributed by atoms with van der Waals surface area (Å²) in [6.45, 7) is 6.67. The zero-order chi connectivity index (χ0) is 48.8. The molecule has 9 heteroatoms. The molecule has 0 aliphatic rings. The Kier molecular flexibility index (Phi) is 10.4. The largest absolute Gasteiger partial charge is 0.453 e. The fraction of sp³-hybridized carbons (Fsp3) is 0.0625. The third-order valence-corrected chi connectivity index (χ3v) is 17.2. The Morgan fingerprint density at radius 1 is 0.342 bits per heavy atom. The van der Waals surface area contributed by atoms with E-state index in [0.29, 0.717) is 33.8 Å². The summed E-state index contributed by atoms with van der Waals surface area (Å²) >= 11 is 1.62. The van der Waals surface area contributed by atoms with Crippen molar-refractivity contribution in [2.75, 3.05) is 0 Å². The third kappa shape index (κ3) is 7.50. The summed E-state index contributed by atoms with van der Waals surface area (Å²) in [5.41, 5.74) is 3.45. The highest BCUT2D eigenvalue weighted by molar-refractivity contribution is 8.00. The van der Waals surface area contributed by atoms with Gasteiger partial charge in [-0.25, -0.2) is 0 Å². The molecule has 0 unspecified atom stereocenters. The van der Waals surface area contributed by atoms with Crippen LogP contribution in [0.1, 0.15) is 26.3 Å². The van der Waals surface area contributed by atoms with Crippen molar-refractivity contribution in [1.29, 1.82) is 0 Å². The van der Waals surface area contributed by atoms with Crippen LogP contribution in [0, 0.1) is 0 Å². The molecule has 2 heterocycles. The quantitative estimate of drug-likeness (QED) is 0.164. The minimum atomic E-state index is -2.08. The van der Waals surface area contributed by atoms with E-state index < -0.39 is 16.5 Å². The SMILES string of the molecule is CC(C)(C)c1cc2ccccc2c(Sc2c(Op3oc4ccc5ccccc5c4c4c(ccc5ccccc54)o3)ccc3ccccc23)c1Op1oc2ccc3ccccc3c2c2c(ccc3ccccc32)o1. The molecule has 0 spiro atoms. The fourth-order valence-corrected chi connectivity index (χ4v) is 14.0. The molecule has 6 nitrogen and oxygen atoms in total. The Balaban J connectivity index is 1.00. The topological polar surface area (TPSA) is 71.0 Å². The average molecular weight is 1000 g/mol. The molecule has 12 aromatic carbocycles. The molecule has 352 valence electrons. The summed E-state index contributed by atoms with van der Waals surface area (Å²) in [5.74, 6) is 1.30. The lowest BCUT2D eigenvalue weighted by Gasteiger charge is -2.25. The molecule has 0 radical (unpaired) electrons. The monoisotopic (exact) mass is 1000 g/mol. The van der Waals surface area contributed by atoms with Crippen molar-refractivity contribution in [2.45, 2.75) is 36.0 Å². The zero-order valence-corrected chi connectivity index (χ0v) is 42.6. The first-order chi connectivity index (χ1) is 35.8. The van der Waals surface area contributed by atoms with Gasteiger partial charge in [-0.15, -0.1) is 0 Å². The first-order valence-electron chi connectivity index (χ1n) is 24.3. The van der Waals surface area contributed by atoms with Crippen LogP contribution in [0.5, 0.6) is 11.5 Å². The van der Waals surface area contributed by atoms with Crippen molar-refractivity contribution in [2.24, 2.45) is 0 Å². The van der Waals surface area contributed by atoms with Crippen molar-refractivity contribution in [3.05, 3.63) is 218 Å². The maximum Gasteiger partial charge on any atom is 0.453 e. The number of fused-ring (bicyclic) bond motifs is 16. The van der Waals surface area contributed by atoms with Gasteiger partial charge in [0.25, 0.3) is 0 Å². The normalized spacial score (nSPS) is 12.1. The van der Waals surface area contributed by atoms with Crippen LogP contribution < -0.4 is 9.05 Å². The second-order valence-corrected chi connectivity index (χ2v) is 22.4. The third-order valence-electron chi connectivity index (χ3n) is 13.9. The van der Waals surface area contributed by atoms with Gasteiger partial charge in [0.1, 0.15) is 22.3 Å². The summed E-state index contributed by atoms with van der Waals surface area (Å²) < 4.78 is 42.6. The summed E-state index contributed by atoms with van der Waals surface area (Å²) in [7, 11) is -4.13. The van der Waals surface area contributed by atoms with E-state index in [1.807, 2.05) is 18.2 Å². The van der Waals surface area contributed by atoms with E-state index in [4.69, 9.17) is 25.8 Å². The lowest BCUT2D eigenvalue weighted by molar-refractivity contribution is 0.472. The first kappa shape index (κ1) is 43.7. The van der Waals surface area contributed by atoms with E-state index in [0.717, 1.165) is 102 Å². The number of hydrogen-bond donors (Lipinski definition) is 0. The molecule has 0 amide bonds. The van der Waals surface area contributed by atoms with Crippen molar-refractivity contribution >= 4 is 137 Å².